The molecule has 0 saturated heterocycles. The predicted molar refractivity (Wildman–Crippen MR) is 115 cm³/mol. The van der Waals surface area contributed by atoms with Crippen LogP contribution in [0.3, 0.4) is 0 Å². The van der Waals surface area contributed by atoms with Gasteiger partial charge in [-0.15, -0.1) is 0 Å². The normalized spacial score (nSPS) is 11.5. The van der Waals surface area contributed by atoms with Gasteiger partial charge >= 0.3 is 0 Å². The van der Waals surface area contributed by atoms with Crippen molar-refractivity contribution in [3.63, 3.8) is 0 Å². The second-order valence-corrected chi connectivity index (χ2v) is 9.17. The third kappa shape index (κ3) is 3.53. The van der Waals surface area contributed by atoms with Gasteiger partial charge in [-0.25, -0.2) is 17.4 Å². The minimum Gasteiger partial charge on any atom is -0.227 e. The van der Waals surface area contributed by atoms with Gasteiger partial charge in [0.05, 0.1) is 10.6 Å². The summed E-state index contributed by atoms with van der Waals surface area (Å²) in [5.41, 5.74) is 3.19. The van der Waals surface area contributed by atoms with Crippen LogP contribution >= 0.6 is 15.9 Å². The lowest BCUT2D eigenvalue weighted by atomic mass is 10.2. The van der Waals surface area contributed by atoms with Crippen molar-refractivity contribution in [3.8, 4) is 22.6 Å². The van der Waals surface area contributed by atoms with Gasteiger partial charge in [0.1, 0.15) is 0 Å². The number of rotatable bonds is 4. The molecule has 0 aliphatic rings. The summed E-state index contributed by atoms with van der Waals surface area (Å²) in [6, 6.07) is 23.8. The Labute approximate surface area is 172 Å². The molecule has 0 amide bonds. The number of aromatic nitrogens is 2. The van der Waals surface area contributed by atoms with Crippen molar-refractivity contribution in [2.24, 2.45) is 0 Å². The maximum absolute atomic E-state index is 13.4. The Bertz CT molecular complexity index is 1210. The lowest BCUT2D eigenvalue weighted by molar-refractivity contribution is 0.588. The van der Waals surface area contributed by atoms with E-state index in [0.29, 0.717) is 11.5 Å². The zero-order valence-electron chi connectivity index (χ0n) is 15.1. The zero-order chi connectivity index (χ0) is 19.7. The smallest absolute Gasteiger partial charge is 0.227 e. The van der Waals surface area contributed by atoms with Gasteiger partial charge < -0.3 is 0 Å². The fraction of sp³-hybridized carbons (Fsp3) is 0.0455. The van der Waals surface area contributed by atoms with Gasteiger partial charge in [0.15, 0.2) is 5.82 Å². The third-order valence-corrected chi connectivity index (χ3v) is 6.62. The minimum atomic E-state index is -3.79. The fourth-order valence-electron chi connectivity index (χ4n) is 2.91. The third-order valence-electron chi connectivity index (χ3n) is 4.42. The maximum atomic E-state index is 13.4. The summed E-state index contributed by atoms with van der Waals surface area (Å²) in [5.74, 6) is 0.381. The summed E-state index contributed by atoms with van der Waals surface area (Å²) in [4.78, 5) is 4.89. The highest BCUT2D eigenvalue weighted by molar-refractivity contribution is 9.10. The van der Waals surface area contributed by atoms with Crippen molar-refractivity contribution in [3.05, 3.63) is 95.1 Å². The molecule has 0 atom stereocenters. The molecule has 4 nitrogen and oxygen atoms in total. The molecule has 4 rings (SSSR count). The lowest BCUT2D eigenvalue weighted by Crippen LogP contribution is -2.13. The maximum Gasteiger partial charge on any atom is 0.269 e. The highest BCUT2D eigenvalue weighted by atomic mass is 79.9. The molecule has 3 aromatic carbocycles. The van der Waals surface area contributed by atoms with E-state index in [9.17, 15) is 8.42 Å². The first kappa shape index (κ1) is 18.7. The Morgan fingerprint density at radius 3 is 2.11 bits per heavy atom. The number of nitrogens with zero attached hydrogens (tertiary/aromatic N) is 2. The molecule has 0 aliphatic carbocycles. The number of hydrogen-bond donors (Lipinski definition) is 0. The van der Waals surface area contributed by atoms with Gasteiger partial charge in [-0.3, -0.25) is 0 Å². The highest BCUT2D eigenvalue weighted by Gasteiger charge is 2.23. The molecule has 0 aliphatic heterocycles. The average Bonchev–Trinajstić information content (AvgIpc) is 3.16. The van der Waals surface area contributed by atoms with E-state index in [1.807, 2.05) is 61.5 Å². The van der Waals surface area contributed by atoms with Crippen LogP contribution < -0.4 is 0 Å². The highest BCUT2D eigenvalue weighted by Crippen LogP contribution is 2.29. The van der Waals surface area contributed by atoms with E-state index >= 15 is 0 Å². The van der Waals surface area contributed by atoms with E-state index in [-0.39, 0.29) is 4.90 Å². The molecule has 6 heteroatoms. The van der Waals surface area contributed by atoms with Crippen molar-refractivity contribution in [1.82, 2.24) is 8.96 Å². The van der Waals surface area contributed by atoms with E-state index in [1.165, 1.54) is 3.97 Å². The van der Waals surface area contributed by atoms with Crippen LogP contribution in [0.15, 0.2) is 94.4 Å². The SMILES string of the molecule is Cc1ccc(S(=O)(=O)n2cc(-c3ccccc3)nc2-c2ccc(Br)cc2)cc1. The van der Waals surface area contributed by atoms with E-state index in [4.69, 9.17) is 0 Å². The lowest BCUT2D eigenvalue weighted by Gasteiger charge is -2.09. The van der Waals surface area contributed by atoms with Crippen LogP contribution in [0.1, 0.15) is 5.56 Å². The van der Waals surface area contributed by atoms with Crippen LogP contribution in [0.5, 0.6) is 0 Å². The zero-order valence-corrected chi connectivity index (χ0v) is 17.5. The van der Waals surface area contributed by atoms with Gasteiger partial charge in [-0.1, -0.05) is 76.1 Å². The van der Waals surface area contributed by atoms with Crippen molar-refractivity contribution in [2.75, 3.05) is 0 Å². The number of halogens is 1. The van der Waals surface area contributed by atoms with Gasteiger partial charge in [0, 0.05) is 21.8 Å². The Balaban J connectivity index is 1.93. The summed E-state index contributed by atoms with van der Waals surface area (Å²) in [7, 11) is -3.79. The summed E-state index contributed by atoms with van der Waals surface area (Å²) in [6.07, 6.45) is 1.59. The Hall–Kier alpha value is -2.70. The largest absolute Gasteiger partial charge is 0.269 e. The summed E-state index contributed by atoms with van der Waals surface area (Å²) in [5, 5.41) is 0. The molecule has 0 N–H and O–H groups in total. The van der Waals surface area contributed by atoms with Crippen LogP contribution in [0.4, 0.5) is 0 Å². The second kappa shape index (κ2) is 7.37. The van der Waals surface area contributed by atoms with Gasteiger partial charge in [0.2, 0.25) is 0 Å². The molecule has 0 radical (unpaired) electrons. The molecule has 0 unspecified atom stereocenters. The summed E-state index contributed by atoms with van der Waals surface area (Å²) in [6.45, 7) is 1.92. The predicted octanol–water partition coefficient (Wildman–Crippen LogP) is 5.53. The van der Waals surface area contributed by atoms with E-state index < -0.39 is 10.0 Å². The molecule has 28 heavy (non-hydrogen) atoms. The molecular weight excluding hydrogens is 436 g/mol. The van der Waals surface area contributed by atoms with E-state index in [2.05, 4.69) is 20.9 Å². The fourth-order valence-corrected chi connectivity index (χ4v) is 4.49. The quantitative estimate of drug-likeness (QED) is 0.409. The monoisotopic (exact) mass is 452 g/mol. The molecule has 0 saturated carbocycles. The number of benzene rings is 3. The molecule has 140 valence electrons. The van der Waals surface area contributed by atoms with Gasteiger partial charge in [-0.05, 0) is 31.2 Å². The first-order chi connectivity index (χ1) is 13.4. The first-order valence-electron chi connectivity index (χ1n) is 8.68. The molecule has 1 aromatic heterocycles. The Morgan fingerprint density at radius 2 is 1.46 bits per heavy atom. The van der Waals surface area contributed by atoms with E-state index in [1.54, 1.807) is 30.5 Å². The van der Waals surface area contributed by atoms with Crippen molar-refractivity contribution >= 4 is 26.0 Å². The number of aryl methyl sites for hydroxylation is 1. The Morgan fingerprint density at radius 1 is 0.821 bits per heavy atom. The molecule has 4 aromatic rings. The standard InChI is InChI=1S/C22H17BrN2O2S/c1-16-7-13-20(14-8-16)28(26,27)25-15-21(17-5-3-2-4-6-17)24-22(25)18-9-11-19(23)12-10-18/h2-15H,1H3. The number of imidazole rings is 1. The summed E-state index contributed by atoms with van der Waals surface area (Å²) < 4.78 is 28.9. The summed E-state index contributed by atoms with van der Waals surface area (Å²) >= 11 is 3.42. The van der Waals surface area contributed by atoms with Gasteiger partial charge in [-0.2, -0.15) is 0 Å². The van der Waals surface area contributed by atoms with Crippen LogP contribution in [0, 0.1) is 6.92 Å². The van der Waals surface area contributed by atoms with Crippen LogP contribution in [-0.2, 0) is 10.0 Å². The minimum absolute atomic E-state index is 0.230. The molecule has 0 fully saturated rings. The molecule has 1 heterocycles. The van der Waals surface area contributed by atoms with Gasteiger partial charge in [0.25, 0.3) is 10.0 Å². The second-order valence-electron chi connectivity index (χ2n) is 6.44. The molecule has 0 spiro atoms. The van der Waals surface area contributed by atoms with Crippen molar-refractivity contribution < 1.29 is 8.42 Å². The number of hydrogen-bond acceptors (Lipinski definition) is 3. The topological polar surface area (TPSA) is 52.0 Å². The first-order valence-corrected chi connectivity index (χ1v) is 10.9. The Kier molecular flexibility index (Phi) is 4.91. The van der Waals surface area contributed by atoms with E-state index in [0.717, 1.165) is 21.2 Å². The van der Waals surface area contributed by atoms with Crippen LogP contribution in [0.25, 0.3) is 22.6 Å². The van der Waals surface area contributed by atoms with Crippen molar-refractivity contribution in [2.45, 2.75) is 11.8 Å². The average molecular weight is 453 g/mol. The van der Waals surface area contributed by atoms with Crippen LogP contribution in [0.2, 0.25) is 0 Å². The molecule has 0 bridgehead atoms. The van der Waals surface area contributed by atoms with Crippen molar-refractivity contribution in [1.29, 1.82) is 0 Å². The van der Waals surface area contributed by atoms with Crippen LogP contribution in [-0.4, -0.2) is 17.4 Å². The molecular formula is C22H17BrN2O2S.